The number of hydrogen-bond donors (Lipinski definition) is 1. The molecule has 1 aliphatic heterocycles. The van der Waals surface area contributed by atoms with Crippen LogP contribution >= 0.6 is 11.3 Å². The predicted octanol–water partition coefficient (Wildman–Crippen LogP) is 1.91. The number of piperazine rings is 1. The fourth-order valence-electron chi connectivity index (χ4n) is 3.57. The Hall–Kier alpha value is -0.910. The van der Waals surface area contributed by atoms with Gasteiger partial charge < -0.3 is 10.6 Å². The summed E-state index contributed by atoms with van der Waals surface area (Å²) in [5.74, 6) is 0.280. The van der Waals surface area contributed by atoms with Gasteiger partial charge in [0.05, 0.1) is 5.41 Å². The third-order valence-corrected chi connectivity index (χ3v) is 5.90. The van der Waals surface area contributed by atoms with Gasteiger partial charge in [-0.15, -0.1) is 0 Å². The highest BCUT2D eigenvalue weighted by molar-refractivity contribution is 7.07. The fourth-order valence-corrected chi connectivity index (χ4v) is 4.23. The van der Waals surface area contributed by atoms with Gasteiger partial charge in [-0.1, -0.05) is 6.42 Å². The number of thiophene rings is 1. The first kappa shape index (κ1) is 15.0. The van der Waals surface area contributed by atoms with Gasteiger partial charge in [-0.05, 0) is 42.2 Å². The summed E-state index contributed by atoms with van der Waals surface area (Å²) in [6, 6.07) is 2.22. The lowest BCUT2D eigenvalue weighted by atomic mass is 9.83. The first-order valence-electron chi connectivity index (χ1n) is 7.88. The van der Waals surface area contributed by atoms with Crippen LogP contribution in [-0.2, 0) is 11.3 Å². The van der Waals surface area contributed by atoms with Gasteiger partial charge in [-0.2, -0.15) is 11.3 Å². The van der Waals surface area contributed by atoms with Crippen molar-refractivity contribution in [3.8, 4) is 0 Å². The Labute approximate surface area is 130 Å². The minimum atomic E-state index is -0.324. The zero-order chi connectivity index (χ0) is 14.9. The number of carbonyl (C=O) groups excluding carboxylic acids is 1. The molecule has 1 aromatic rings. The highest BCUT2D eigenvalue weighted by atomic mass is 32.1. The van der Waals surface area contributed by atoms with E-state index in [9.17, 15) is 4.79 Å². The van der Waals surface area contributed by atoms with E-state index in [4.69, 9.17) is 5.73 Å². The summed E-state index contributed by atoms with van der Waals surface area (Å²) in [5.41, 5.74) is 7.24. The molecule has 1 saturated heterocycles. The second-order valence-electron chi connectivity index (χ2n) is 6.62. The van der Waals surface area contributed by atoms with E-state index in [1.165, 1.54) is 5.56 Å². The topological polar surface area (TPSA) is 49.6 Å². The van der Waals surface area contributed by atoms with Crippen LogP contribution in [0, 0.1) is 5.41 Å². The minimum absolute atomic E-state index is 0.0360. The highest BCUT2D eigenvalue weighted by Gasteiger charge is 2.45. The molecule has 2 aliphatic rings. The highest BCUT2D eigenvalue weighted by Crippen LogP contribution is 2.38. The molecule has 0 aromatic carbocycles. The van der Waals surface area contributed by atoms with E-state index in [-0.39, 0.29) is 17.4 Å². The van der Waals surface area contributed by atoms with Crippen LogP contribution in [-0.4, -0.2) is 47.9 Å². The summed E-state index contributed by atoms with van der Waals surface area (Å²) >= 11 is 1.75. The summed E-state index contributed by atoms with van der Waals surface area (Å²) in [4.78, 5) is 17.3. The molecule has 0 spiro atoms. The molecule has 116 valence electrons. The van der Waals surface area contributed by atoms with Crippen molar-refractivity contribution in [3.05, 3.63) is 22.4 Å². The van der Waals surface area contributed by atoms with Crippen molar-refractivity contribution >= 4 is 17.2 Å². The van der Waals surface area contributed by atoms with Gasteiger partial charge in [0.1, 0.15) is 0 Å². The molecule has 4 nitrogen and oxygen atoms in total. The molecule has 2 unspecified atom stereocenters. The Balaban J connectivity index is 1.54. The third-order valence-electron chi connectivity index (χ3n) is 5.16. The van der Waals surface area contributed by atoms with E-state index in [1.807, 2.05) is 4.90 Å². The summed E-state index contributed by atoms with van der Waals surface area (Å²) in [7, 11) is 0. The molecule has 1 saturated carbocycles. The molecule has 3 rings (SSSR count). The quantitative estimate of drug-likeness (QED) is 0.928. The molecule has 0 radical (unpaired) electrons. The lowest BCUT2D eigenvalue weighted by Crippen LogP contribution is -2.55. The number of rotatable bonds is 3. The van der Waals surface area contributed by atoms with Gasteiger partial charge >= 0.3 is 0 Å². The second-order valence-corrected chi connectivity index (χ2v) is 7.40. The van der Waals surface area contributed by atoms with Crippen molar-refractivity contribution in [2.75, 3.05) is 26.2 Å². The SMILES string of the molecule is CC1(C(=O)N2CCN(Cc3ccsc3)CC2)CCCC1N. The third kappa shape index (κ3) is 3.00. The average molecular weight is 307 g/mol. The molecule has 21 heavy (non-hydrogen) atoms. The molecule has 2 atom stereocenters. The molecule has 1 aromatic heterocycles. The molecule has 2 heterocycles. The van der Waals surface area contributed by atoms with Crippen LogP contribution in [0.25, 0.3) is 0 Å². The van der Waals surface area contributed by atoms with Crippen molar-refractivity contribution in [1.29, 1.82) is 0 Å². The van der Waals surface area contributed by atoms with Crippen LogP contribution in [0.1, 0.15) is 31.7 Å². The molecule has 5 heteroatoms. The van der Waals surface area contributed by atoms with E-state index in [1.54, 1.807) is 11.3 Å². The van der Waals surface area contributed by atoms with Gasteiger partial charge in [-0.25, -0.2) is 0 Å². The van der Waals surface area contributed by atoms with Crippen molar-refractivity contribution in [1.82, 2.24) is 9.80 Å². The summed E-state index contributed by atoms with van der Waals surface area (Å²) in [5, 5.41) is 4.33. The first-order chi connectivity index (χ1) is 10.1. The molecular weight excluding hydrogens is 282 g/mol. The van der Waals surface area contributed by atoms with Crippen molar-refractivity contribution in [2.24, 2.45) is 11.1 Å². The standard InChI is InChI=1S/C16H25N3OS/c1-16(5-2-3-14(16)17)15(20)19-8-6-18(7-9-19)11-13-4-10-21-12-13/h4,10,12,14H,2-3,5-9,11,17H2,1H3. The Morgan fingerprint density at radius 2 is 2.19 bits per heavy atom. The minimum Gasteiger partial charge on any atom is -0.340 e. The molecule has 1 aliphatic carbocycles. The van der Waals surface area contributed by atoms with Gasteiger partial charge in [-0.3, -0.25) is 9.69 Å². The number of hydrogen-bond acceptors (Lipinski definition) is 4. The van der Waals surface area contributed by atoms with Gasteiger partial charge in [0.25, 0.3) is 0 Å². The molecule has 2 N–H and O–H groups in total. The number of nitrogens with two attached hydrogens (primary N) is 1. The van der Waals surface area contributed by atoms with Crippen molar-refractivity contribution in [3.63, 3.8) is 0 Å². The van der Waals surface area contributed by atoms with Crippen LogP contribution in [0.5, 0.6) is 0 Å². The maximum Gasteiger partial charge on any atom is 0.230 e. The van der Waals surface area contributed by atoms with E-state index in [2.05, 4.69) is 28.7 Å². The second kappa shape index (κ2) is 6.07. The van der Waals surface area contributed by atoms with Gasteiger partial charge in [0.2, 0.25) is 5.91 Å². The molecule has 2 fully saturated rings. The predicted molar refractivity (Wildman–Crippen MR) is 86.1 cm³/mol. The van der Waals surface area contributed by atoms with Crippen LogP contribution in [0.4, 0.5) is 0 Å². The number of nitrogens with zero attached hydrogens (tertiary/aromatic N) is 2. The van der Waals surface area contributed by atoms with Crippen molar-refractivity contribution < 1.29 is 4.79 Å². The zero-order valence-corrected chi connectivity index (χ0v) is 13.6. The Morgan fingerprint density at radius 1 is 1.43 bits per heavy atom. The number of carbonyl (C=O) groups is 1. The van der Waals surface area contributed by atoms with E-state index < -0.39 is 0 Å². The fraction of sp³-hybridized carbons (Fsp3) is 0.688. The Bertz CT molecular complexity index is 482. The Morgan fingerprint density at radius 3 is 2.76 bits per heavy atom. The van der Waals surface area contributed by atoms with Crippen molar-refractivity contribution in [2.45, 2.75) is 38.8 Å². The van der Waals surface area contributed by atoms with Gasteiger partial charge in [0.15, 0.2) is 0 Å². The summed E-state index contributed by atoms with van der Waals surface area (Å²) in [6.07, 6.45) is 3.02. The normalized spacial score (nSPS) is 30.8. The lowest BCUT2D eigenvalue weighted by Gasteiger charge is -2.39. The molecule has 1 amide bonds. The van der Waals surface area contributed by atoms with E-state index in [0.29, 0.717) is 0 Å². The molecule has 0 bridgehead atoms. The van der Waals surface area contributed by atoms with Crippen LogP contribution in [0.15, 0.2) is 16.8 Å². The summed E-state index contributed by atoms with van der Waals surface area (Å²) < 4.78 is 0. The monoisotopic (exact) mass is 307 g/mol. The van der Waals surface area contributed by atoms with Gasteiger partial charge in [0, 0.05) is 38.8 Å². The first-order valence-corrected chi connectivity index (χ1v) is 8.82. The summed E-state index contributed by atoms with van der Waals surface area (Å²) in [6.45, 7) is 6.67. The zero-order valence-electron chi connectivity index (χ0n) is 12.8. The smallest absolute Gasteiger partial charge is 0.230 e. The Kier molecular flexibility index (Phi) is 4.33. The maximum atomic E-state index is 12.8. The largest absolute Gasteiger partial charge is 0.340 e. The maximum absolute atomic E-state index is 12.8. The van der Waals surface area contributed by atoms with Crippen LogP contribution in [0.3, 0.4) is 0 Å². The van der Waals surface area contributed by atoms with E-state index in [0.717, 1.165) is 52.0 Å². The number of amides is 1. The molecular formula is C16H25N3OS. The average Bonchev–Trinajstić information content (AvgIpc) is 3.11. The van der Waals surface area contributed by atoms with E-state index >= 15 is 0 Å². The van der Waals surface area contributed by atoms with Crippen LogP contribution < -0.4 is 5.73 Å². The lowest BCUT2D eigenvalue weighted by molar-refractivity contribution is -0.143. The van der Waals surface area contributed by atoms with Crippen LogP contribution in [0.2, 0.25) is 0 Å².